The number of aliphatic carboxylic acids is 1. The van der Waals surface area contributed by atoms with Crippen molar-refractivity contribution < 1.29 is 19.6 Å². The largest absolute Gasteiger partial charge is 0.481 e. The molecule has 0 fully saturated rings. The average molecular weight is 322 g/mol. The Morgan fingerprint density at radius 3 is 2.68 bits per heavy atom. The summed E-state index contributed by atoms with van der Waals surface area (Å²) < 4.78 is 5.51. The first-order chi connectivity index (χ1) is 10.3. The molecule has 0 amide bonds. The molecule has 0 aliphatic carbocycles. The molecule has 0 saturated carbocycles. The first kappa shape index (κ1) is 15.8. The number of carboxylic acid groups (broad SMARTS) is 1. The molecule has 0 aromatic heterocycles. The van der Waals surface area contributed by atoms with Crippen LogP contribution in [0.15, 0.2) is 36.4 Å². The molecular weight excluding hydrogens is 310 g/mol. The smallest absolute Gasteiger partial charge is 0.311 e. The minimum Gasteiger partial charge on any atom is -0.481 e. The quantitative estimate of drug-likeness (QED) is 0.664. The molecule has 0 atom stereocenters. The fourth-order valence-corrected chi connectivity index (χ4v) is 2.19. The lowest BCUT2D eigenvalue weighted by molar-refractivity contribution is -0.385. The molecule has 2 aromatic carbocycles. The van der Waals surface area contributed by atoms with Gasteiger partial charge in [-0.2, -0.15) is 0 Å². The molecule has 0 aliphatic heterocycles. The summed E-state index contributed by atoms with van der Waals surface area (Å²) >= 11 is 5.92. The van der Waals surface area contributed by atoms with Gasteiger partial charge in [0.1, 0.15) is 5.75 Å². The van der Waals surface area contributed by atoms with Crippen LogP contribution < -0.4 is 4.74 Å². The molecule has 7 heteroatoms. The van der Waals surface area contributed by atoms with Gasteiger partial charge in [0.2, 0.25) is 5.75 Å². The molecule has 0 saturated heterocycles. The predicted octanol–water partition coefficient (Wildman–Crippen LogP) is 3.98. The summed E-state index contributed by atoms with van der Waals surface area (Å²) in [5.41, 5.74) is 1.02. The molecule has 0 bridgehead atoms. The molecule has 2 aromatic rings. The topological polar surface area (TPSA) is 89.7 Å². The zero-order valence-electron chi connectivity index (χ0n) is 11.6. The molecule has 0 spiro atoms. The number of rotatable bonds is 5. The lowest BCUT2D eigenvalue weighted by atomic mass is 10.1. The summed E-state index contributed by atoms with van der Waals surface area (Å²) in [6.45, 7) is 1.74. The molecule has 6 nitrogen and oxygen atoms in total. The lowest BCUT2D eigenvalue weighted by Gasteiger charge is -2.09. The van der Waals surface area contributed by atoms with E-state index in [1.165, 1.54) is 30.3 Å². The van der Waals surface area contributed by atoms with Crippen LogP contribution in [0.3, 0.4) is 0 Å². The van der Waals surface area contributed by atoms with Gasteiger partial charge in [0.25, 0.3) is 0 Å². The number of aryl methyl sites for hydroxylation is 1. The van der Waals surface area contributed by atoms with E-state index in [1.807, 2.05) is 0 Å². The highest BCUT2D eigenvalue weighted by Crippen LogP contribution is 2.33. The van der Waals surface area contributed by atoms with Crippen LogP contribution in [0.5, 0.6) is 11.5 Å². The minimum absolute atomic E-state index is 0.0686. The second-order valence-corrected chi connectivity index (χ2v) is 5.13. The van der Waals surface area contributed by atoms with Crippen molar-refractivity contribution in [3.8, 4) is 11.5 Å². The highest BCUT2D eigenvalue weighted by molar-refractivity contribution is 6.30. The summed E-state index contributed by atoms with van der Waals surface area (Å²) in [4.78, 5) is 21.3. The first-order valence-electron chi connectivity index (χ1n) is 6.29. The maximum atomic E-state index is 11.1. The number of hydrogen-bond donors (Lipinski definition) is 1. The Morgan fingerprint density at radius 2 is 2.05 bits per heavy atom. The third kappa shape index (κ3) is 3.95. The van der Waals surface area contributed by atoms with Gasteiger partial charge in [0.05, 0.1) is 11.3 Å². The molecule has 1 N–H and O–H groups in total. The van der Waals surface area contributed by atoms with Gasteiger partial charge < -0.3 is 9.84 Å². The van der Waals surface area contributed by atoms with Gasteiger partial charge in [0.15, 0.2) is 0 Å². The van der Waals surface area contributed by atoms with E-state index in [0.717, 1.165) is 5.56 Å². The van der Waals surface area contributed by atoms with Crippen LogP contribution in [0.25, 0.3) is 0 Å². The van der Waals surface area contributed by atoms with Crippen molar-refractivity contribution in [1.82, 2.24) is 0 Å². The number of nitro benzene ring substituents is 1. The van der Waals surface area contributed by atoms with Crippen LogP contribution in [0.2, 0.25) is 5.02 Å². The average Bonchev–Trinajstić information content (AvgIpc) is 2.39. The molecule has 0 unspecified atom stereocenters. The monoisotopic (exact) mass is 321 g/mol. The Balaban J connectivity index is 2.37. The molecule has 0 aliphatic rings. The molecule has 22 heavy (non-hydrogen) atoms. The molecule has 0 heterocycles. The van der Waals surface area contributed by atoms with E-state index in [9.17, 15) is 14.9 Å². The summed E-state index contributed by atoms with van der Waals surface area (Å²) in [7, 11) is 0. The zero-order chi connectivity index (χ0) is 16.3. The van der Waals surface area contributed by atoms with E-state index in [2.05, 4.69) is 0 Å². The van der Waals surface area contributed by atoms with Crippen LogP contribution in [-0.4, -0.2) is 16.0 Å². The number of carboxylic acids is 1. The number of halogens is 1. The Kier molecular flexibility index (Phi) is 4.62. The standard InChI is InChI=1S/C15H12ClNO5/c1-9-2-3-14(13(4-9)17(20)21)22-12-6-10(7-15(18)19)5-11(16)8-12/h2-6,8H,7H2,1H3,(H,18,19). The summed E-state index contributed by atoms with van der Waals surface area (Å²) in [6.07, 6.45) is -0.215. The lowest BCUT2D eigenvalue weighted by Crippen LogP contribution is -2.00. The van der Waals surface area contributed by atoms with E-state index in [-0.39, 0.29) is 23.6 Å². The summed E-state index contributed by atoms with van der Waals surface area (Å²) in [6, 6.07) is 9.04. The highest BCUT2D eigenvalue weighted by Gasteiger charge is 2.16. The molecule has 2 rings (SSSR count). The van der Waals surface area contributed by atoms with Crippen LogP contribution in [0.1, 0.15) is 11.1 Å². The van der Waals surface area contributed by atoms with Crippen molar-refractivity contribution >= 4 is 23.3 Å². The van der Waals surface area contributed by atoms with Gasteiger partial charge in [-0.15, -0.1) is 0 Å². The first-order valence-corrected chi connectivity index (χ1v) is 6.67. The van der Waals surface area contributed by atoms with Crippen molar-refractivity contribution in [1.29, 1.82) is 0 Å². The fourth-order valence-electron chi connectivity index (χ4n) is 1.94. The van der Waals surface area contributed by atoms with Crippen LogP contribution in [-0.2, 0) is 11.2 Å². The van der Waals surface area contributed by atoms with E-state index in [1.54, 1.807) is 13.0 Å². The van der Waals surface area contributed by atoms with Crippen molar-refractivity contribution in [3.63, 3.8) is 0 Å². The maximum Gasteiger partial charge on any atom is 0.311 e. The molecule has 0 radical (unpaired) electrons. The number of ether oxygens (including phenoxy) is 1. The number of nitro groups is 1. The predicted molar refractivity (Wildman–Crippen MR) is 80.7 cm³/mol. The normalized spacial score (nSPS) is 10.3. The number of carbonyl (C=O) groups is 1. The van der Waals surface area contributed by atoms with Crippen LogP contribution in [0, 0.1) is 17.0 Å². The van der Waals surface area contributed by atoms with Gasteiger partial charge in [-0.25, -0.2) is 0 Å². The number of hydrogen-bond acceptors (Lipinski definition) is 4. The van der Waals surface area contributed by atoms with E-state index < -0.39 is 10.9 Å². The van der Waals surface area contributed by atoms with Gasteiger partial charge in [0, 0.05) is 11.1 Å². The van der Waals surface area contributed by atoms with E-state index >= 15 is 0 Å². The Morgan fingerprint density at radius 1 is 1.32 bits per heavy atom. The Labute approximate surface area is 131 Å². The summed E-state index contributed by atoms with van der Waals surface area (Å²) in [5.74, 6) is -0.690. The number of nitrogens with zero attached hydrogens (tertiary/aromatic N) is 1. The third-order valence-corrected chi connectivity index (χ3v) is 3.04. The van der Waals surface area contributed by atoms with Crippen molar-refractivity contribution in [2.24, 2.45) is 0 Å². The SMILES string of the molecule is Cc1ccc(Oc2cc(Cl)cc(CC(=O)O)c2)c([N+](=O)[O-])c1. The minimum atomic E-state index is -1.01. The van der Waals surface area contributed by atoms with Crippen molar-refractivity contribution in [2.45, 2.75) is 13.3 Å². The second kappa shape index (κ2) is 6.44. The van der Waals surface area contributed by atoms with Gasteiger partial charge >= 0.3 is 11.7 Å². The number of benzene rings is 2. The zero-order valence-corrected chi connectivity index (χ0v) is 12.3. The van der Waals surface area contributed by atoms with E-state index in [0.29, 0.717) is 10.6 Å². The maximum absolute atomic E-state index is 11.1. The van der Waals surface area contributed by atoms with Gasteiger partial charge in [-0.05, 0) is 42.3 Å². The van der Waals surface area contributed by atoms with Crippen molar-refractivity contribution in [3.05, 3.63) is 62.7 Å². The summed E-state index contributed by atoms with van der Waals surface area (Å²) in [5, 5.41) is 20.2. The Bertz CT molecular complexity index is 745. The second-order valence-electron chi connectivity index (χ2n) is 4.70. The van der Waals surface area contributed by atoms with Crippen LogP contribution in [0.4, 0.5) is 5.69 Å². The van der Waals surface area contributed by atoms with E-state index in [4.69, 9.17) is 21.4 Å². The molecule has 114 valence electrons. The fraction of sp³-hybridized carbons (Fsp3) is 0.133. The molecular formula is C15H12ClNO5. The van der Waals surface area contributed by atoms with Gasteiger partial charge in [-0.3, -0.25) is 14.9 Å². The Hall–Kier alpha value is -2.60. The third-order valence-electron chi connectivity index (χ3n) is 2.83. The highest BCUT2D eigenvalue weighted by atomic mass is 35.5. The van der Waals surface area contributed by atoms with Crippen LogP contribution >= 0.6 is 11.6 Å². The van der Waals surface area contributed by atoms with Crippen molar-refractivity contribution in [2.75, 3.05) is 0 Å². The van der Waals surface area contributed by atoms with Gasteiger partial charge in [-0.1, -0.05) is 17.7 Å².